The first-order chi connectivity index (χ1) is 14.0. The summed E-state index contributed by atoms with van der Waals surface area (Å²) in [6.07, 6.45) is 0.705. The molecule has 29 heavy (non-hydrogen) atoms. The SMILES string of the molecule is Cc1ccccc1C(c1cc([N+](=O)[O-])ccc1O)N1CCc2c(C#N)cccc21. The third-order valence-corrected chi connectivity index (χ3v) is 5.50. The molecule has 0 saturated carbocycles. The number of nitro benzene ring substituents is 1. The van der Waals surface area contributed by atoms with Gasteiger partial charge in [0.25, 0.3) is 5.69 Å². The van der Waals surface area contributed by atoms with E-state index in [2.05, 4.69) is 11.0 Å². The van der Waals surface area contributed by atoms with Crippen molar-refractivity contribution in [3.63, 3.8) is 0 Å². The highest BCUT2D eigenvalue weighted by Crippen LogP contribution is 2.43. The van der Waals surface area contributed by atoms with Crippen LogP contribution >= 0.6 is 0 Å². The standard InChI is InChI=1S/C23H19N3O3/c1-15-5-2-3-7-18(15)23(20-13-17(26(28)29)9-10-22(20)27)25-12-11-19-16(14-24)6-4-8-21(19)25/h2-10,13,23,27H,11-12H2,1H3. The average molecular weight is 385 g/mol. The van der Waals surface area contributed by atoms with Crippen molar-refractivity contribution in [3.05, 3.63) is 98.6 Å². The molecule has 0 saturated heterocycles. The molecule has 0 bridgehead atoms. The lowest BCUT2D eigenvalue weighted by molar-refractivity contribution is -0.384. The van der Waals surface area contributed by atoms with Crippen molar-refractivity contribution in [1.29, 1.82) is 5.26 Å². The van der Waals surface area contributed by atoms with Crippen LogP contribution in [0.5, 0.6) is 5.75 Å². The van der Waals surface area contributed by atoms with Crippen LogP contribution in [0.15, 0.2) is 60.7 Å². The minimum Gasteiger partial charge on any atom is -0.508 e. The molecule has 4 rings (SSSR count). The van der Waals surface area contributed by atoms with Crippen LogP contribution < -0.4 is 4.90 Å². The Kier molecular flexibility index (Phi) is 4.65. The first-order valence-electron chi connectivity index (χ1n) is 9.32. The van der Waals surface area contributed by atoms with Crippen LogP contribution in [0, 0.1) is 28.4 Å². The highest BCUT2D eigenvalue weighted by molar-refractivity contribution is 5.67. The topological polar surface area (TPSA) is 90.4 Å². The van der Waals surface area contributed by atoms with Crippen LogP contribution in [0.25, 0.3) is 0 Å². The molecular weight excluding hydrogens is 366 g/mol. The number of hydrogen-bond donors (Lipinski definition) is 1. The third-order valence-electron chi connectivity index (χ3n) is 5.50. The van der Waals surface area contributed by atoms with E-state index in [1.807, 2.05) is 43.3 Å². The number of nitrogens with zero attached hydrogens (tertiary/aromatic N) is 3. The molecule has 144 valence electrons. The number of rotatable bonds is 4. The van der Waals surface area contributed by atoms with Crippen LogP contribution in [0.4, 0.5) is 11.4 Å². The van der Waals surface area contributed by atoms with Gasteiger partial charge in [-0.3, -0.25) is 10.1 Å². The number of nitro groups is 1. The number of benzene rings is 3. The summed E-state index contributed by atoms with van der Waals surface area (Å²) in [5.74, 6) is 0.00809. The molecule has 0 spiro atoms. The molecule has 0 amide bonds. The summed E-state index contributed by atoms with van der Waals surface area (Å²) in [7, 11) is 0. The van der Waals surface area contributed by atoms with E-state index < -0.39 is 11.0 Å². The molecular formula is C23H19N3O3. The number of fused-ring (bicyclic) bond motifs is 1. The Hall–Kier alpha value is -3.85. The van der Waals surface area contributed by atoms with Crippen LogP contribution in [-0.2, 0) is 6.42 Å². The largest absolute Gasteiger partial charge is 0.508 e. The lowest BCUT2D eigenvalue weighted by Gasteiger charge is -2.32. The number of hydrogen-bond acceptors (Lipinski definition) is 5. The predicted octanol–water partition coefficient (Wildman–Crippen LogP) is 4.63. The van der Waals surface area contributed by atoms with Crippen molar-refractivity contribution < 1.29 is 10.0 Å². The molecule has 1 aliphatic rings. The van der Waals surface area contributed by atoms with Gasteiger partial charge in [0.15, 0.2) is 0 Å². The van der Waals surface area contributed by atoms with Gasteiger partial charge in [0.05, 0.1) is 22.6 Å². The monoisotopic (exact) mass is 385 g/mol. The summed E-state index contributed by atoms with van der Waals surface area (Å²) in [5.41, 5.74) is 4.91. The summed E-state index contributed by atoms with van der Waals surface area (Å²) in [6, 6.07) is 19.4. The molecule has 1 N–H and O–H groups in total. The quantitative estimate of drug-likeness (QED) is 0.522. The van der Waals surface area contributed by atoms with Crippen molar-refractivity contribution in [1.82, 2.24) is 0 Å². The van der Waals surface area contributed by atoms with Crippen LogP contribution in [-0.4, -0.2) is 16.6 Å². The predicted molar refractivity (Wildman–Crippen MR) is 110 cm³/mol. The van der Waals surface area contributed by atoms with E-state index >= 15 is 0 Å². The number of phenolic OH excluding ortho intramolecular Hbond substituents is 1. The summed E-state index contributed by atoms with van der Waals surface area (Å²) >= 11 is 0. The average Bonchev–Trinajstić information content (AvgIpc) is 3.14. The van der Waals surface area contributed by atoms with Crippen molar-refractivity contribution in [2.45, 2.75) is 19.4 Å². The summed E-state index contributed by atoms with van der Waals surface area (Å²) < 4.78 is 0. The number of nitriles is 1. The van der Waals surface area contributed by atoms with Crippen molar-refractivity contribution in [2.75, 3.05) is 11.4 Å². The fourth-order valence-electron chi connectivity index (χ4n) is 4.10. The Morgan fingerprint density at radius 3 is 2.66 bits per heavy atom. The van der Waals surface area contributed by atoms with Crippen molar-refractivity contribution in [3.8, 4) is 11.8 Å². The van der Waals surface area contributed by atoms with Gasteiger partial charge >= 0.3 is 0 Å². The van der Waals surface area contributed by atoms with Crippen LogP contribution in [0.2, 0.25) is 0 Å². The van der Waals surface area contributed by atoms with Gasteiger partial charge in [-0.05, 0) is 48.2 Å². The Balaban J connectivity index is 1.94. The highest BCUT2D eigenvalue weighted by atomic mass is 16.6. The molecule has 0 aromatic heterocycles. The maximum atomic E-state index is 11.4. The van der Waals surface area contributed by atoms with Gasteiger partial charge in [0.1, 0.15) is 5.75 Å². The zero-order valence-electron chi connectivity index (χ0n) is 15.9. The fraction of sp³-hybridized carbons (Fsp3) is 0.174. The number of anilines is 1. The minimum absolute atomic E-state index is 0.00809. The maximum absolute atomic E-state index is 11.4. The van der Waals surface area contributed by atoms with Gasteiger partial charge in [-0.1, -0.05) is 30.3 Å². The zero-order chi connectivity index (χ0) is 20.5. The normalized spacial score (nSPS) is 13.6. The minimum atomic E-state index is -0.455. The summed E-state index contributed by atoms with van der Waals surface area (Å²) in [4.78, 5) is 13.0. The lowest BCUT2D eigenvalue weighted by atomic mass is 9.92. The molecule has 1 atom stereocenters. The molecule has 1 aliphatic heterocycles. The first-order valence-corrected chi connectivity index (χ1v) is 9.32. The van der Waals surface area contributed by atoms with Crippen LogP contribution in [0.1, 0.15) is 33.9 Å². The smallest absolute Gasteiger partial charge is 0.270 e. The Morgan fingerprint density at radius 1 is 1.14 bits per heavy atom. The molecule has 1 heterocycles. The van der Waals surface area contributed by atoms with Gasteiger partial charge in [-0.15, -0.1) is 0 Å². The number of aryl methyl sites for hydroxylation is 1. The Labute approximate surface area is 168 Å². The summed E-state index contributed by atoms with van der Waals surface area (Å²) in [5, 5.41) is 31.5. The second-order valence-electron chi connectivity index (χ2n) is 7.12. The zero-order valence-corrected chi connectivity index (χ0v) is 15.9. The number of non-ortho nitro benzene ring substituents is 1. The maximum Gasteiger partial charge on any atom is 0.270 e. The molecule has 0 radical (unpaired) electrons. The Morgan fingerprint density at radius 2 is 1.93 bits per heavy atom. The van der Waals surface area contributed by atoms with Crippen molar-refractivity contribution in [2.24, 2.45) is 0 Å². The number of aromatic hydroxyl groups is 1. The molecule has 0 aliphatic carbocycles. The van der Waals surface area contributed by atoms with Gasteiger partial charge in [-0.2, -0.15) is 5.26 Å². The van der Waals surface area contributed by atoms with Gasteiger partial charge in [-0.25, -0.2) is 0 Å². The molecule has 3 aromatic carbocycles. The summed E-state index contributed by atoms with van der Waals surface area (Å²) in [6.45, 7) is 2.63. The van der Waals surface area contributed by atoms with E-state index in [1.165, 1.54) is 18.2 Å². The van der Waals surface area contributed by atoms with Crippen LogP contribution in [0.3, 0.4) is 0 Å². The second-order valence-corrected chi connectivity index (χ2v) is 7.12. The third kappa shape index (κ3) is 3.17. The number of phenols is 1. The highest BCUT2D eigenvalue weighted by Gasteiger charge is 2.33. The lowest BCUT2D eigenvalue weighted by Crippen LogP contribution is -2.28. The van der Waals surface area contributed by atoms with E-state index in [0.29, 0.717) is 24.1 Å². The van der Waals surface area contributed by atoms with Gasteiger partial charge in [0, 0.05) is 29.9 Å². The van der Waals surface area contributed by atoms with E-state index in [1.54, 1.807) is 6.07 Å². The molecule has 0 fully saturated rings. The van der Waals surface area contributed by atoms with E-state index in [4.69, 9.17) is 0 Å². The first kappa shape index (κ1) is 18.5. The van der Waals surface area contributed by atoms with Gasteiger partial charge in [0.2, 0.25) is 0 Å². The Bertz CT molecular complexity index is 1150. The van der Waals surface area contributed by atoms with Crippen molar-refractivity contribution >= 4 is 11.4 Å². The van der Waals surface area contributed by atoms with E-state index in [9.17, 15) is 20.5 Å². The van der Waals surface area contributed by atoms with Gasteiger partial charge < -0.3 is 10.0 Å². The molecule has 3 aromatic rings. The van der Waals surface area contributed by atoms with E-state index in [0.717, 1.165) is 22.4 Å². The second kappa shape index (κ2) is 7.28. The molecule has 6 nitrogen and oxygen atoms in total. The van der Waals surface area contributed by atoms with E-state index in [-0.39, 0.29) is 11.4 Å². The molecule has 1 unspecified atom stereocenters. The fourth-order valence-corrected chi connectivity index (χ4v) is 4.10. The molecule has 6 heteroatoms.